The van der Waals surface area contributed by atoms with Crippen molar-refractivity contribution in [3.63, 3.8) is 0 Å². The van der Waals surface area contributed by atoms with Crippen molar-refractivity contribution in [3.8, 4) is 11.5 Å². The predicted octanol–water partition coefficient (Wildman–Crippen LogP) is 2.91. The van der Waals surface area contributed by atoms with Gasteiger partial charge in [-0.3, -0.25) is 0 Å². The molecule has 10 nitrogen and oxygen atoms in total. The van der Waals surface area contributed by atoms with E-state index in [-0.39, 0.29) is 47.7 Å². The number of hydrogen-bond acceptors (Lipinski definition) is 9. The van der Waals surface area contributed by atoms with E-state index in [0.29, 0.717) is 28.5 Å². The number of nitrogens with zero attached hydrogens (tertiary/aromatic N) is 5. The molecule has 0 aliphatic heterocycles. The van der Waals surface area contributed by atoms with Crippen molar-refractivity contribution in [2.75, 3.05) is 17.2 Å². The fourth-order valence-electron chi connectivity index (χ4n) is 2.87. The molecule has 162 valence electrons. The minimum Gasteiger partial charge on any atom is -0.504 e. The highest BCUT2D eigenvalue weighted by molar-refractivity contribution is 6.32. The van der Waals surface area contributed by atoms with Crippen LogP contribution in [0.2, 0.25) is 5.02 Å². The Morgan fingerprint density at radius 2 is 1.83 bits per heavy atom. The zero-order chi connectivity index (χ0) is 22.0. The van der Waals surface area contributed by atoms with E-state index >= 15 is 0 Å². The molecule has 3 aromatic rings. The van der Waals surface area contributed by atoms with Gasteiger partial charge in [-0.05, 0) is 25.8 Å². The van der Waals surface area contributed by atoms with Gasteiger partial charge in [-0.2, -0.15) is 9.97 Å². The molecule has 0 aliphatic rings. The maximum atomic E-state index is 10.1. The fourth-order valence-corrected chi connectivity index (χ4v) is 3.03. The minimum atomic E-state index is -0.375. The number of hydrogen-bond donors (Lipinski definition) is 5. The van der Waals surface area contributed by atoms with Crippen molar-refractivity contribution in [1.82, 2.24) is 25.0 Å². The van der Waals surface area contributed by atoms with Gasteiger partial charge < -0.3 is 26.0 Å². The molecule has 0 aliphatic carbocycles. The van der Waals surface area contributed by atoms with Gasteiger partial charge in [0.25, 0.3) is 0 Å². The summed E-state index contributed by atoms with van der Waals surface area (Å²) in [6.07, 6.45) is 0. The Morgan fingerprint density at radius 1 is 1.10 bits per heavy atom. The molecule has 0 spiro atoms. The van der Waals surface area contributed by atoms with Gasteiger partial charge in [-0.15, -0.1) is 5.10 Å². The lowest BCUT2D eigenvalue weighted by atomic mass is 10.1. The molecule has 0 unspecified atom stereocenters. The van der Waals surface area contributed by atoms with E-state index in [2.05, 4.69) is 30.9 Å². The van der Waals surface area contributed by atoms with Gasteiger partial charge in [0.15, 0.2) is 28.5 Å². The number of anilines is 2. The lowest BCUT2D eigenvalue weighted by Crippen LogP contribution is -2.30. The van der Waals surface area contributed by atoms with Gasteiger partial charge in [0, 0.05) is 12.1 Å². The van der Waals surface area contributed by atoms with E-state index in [1.807, 2.05) is 27.7 Å². The summed E-state index contributed by atoms with van der Waals surface area (Å²) in [5, 5.41) is 44.3. The highest BCUT2D eigenvalue weighted by atomic mass is 35.5. The predicted molar refractivity (Wildman–Crippen MR) is 115 cm³/mol. The molecular formula is C19H26ClN7O3. The summed E-state index contributed by atoms with van der Waals surface area (Å²) >= 11 is 5.82. The molecule has 0 radical (unpaired) electrons. The summed E-state index contributed by atoms with van der Waals surface area (Å²) in [7, 11) is 0. The van der Waals surface area contributed by atoms with Gasteiger partial charge in [0.05, 0.1) is 23.7 Å². The van der Waals surface area contributed by atoms with Crippen LogP contribution in [-0.4, -0.2) is 52.9 Å². The van der Waals surface area contributed by atoms with Crippen LogP contribution in [0, 0.1) is 5.92 Å². The van der Waals surface area contributed by atoms with Crippen LogP contribution in [0.3, 0.4) is 0 Å². The lowest BCUT2D eigenvalue weighted by molar-refractivity contribution is 0.248. The second-order valence-electron chi connectivity index (χ2n) is 7.63. The van der Waals surface area contributed by atoms with Crippen LogP contribution in [-0.2, 0) is 6.54 Å². The van der Waals surface area contributed by atoms with Crippen molar-refractivity contribution in [2.24, 2.45) is 5.92 Å². The molecule has 2 heterocycles. The highest BCUT2D eigenvalue weighted by Gasteiger charge is 2.20. The fraction of sp³-hybridized carbons (Fsp3) is 0.474. The second-order valence-corrected chi connectivity index (χ2v) is 8.04. The Hall–Kier alpha value is -2.85. The van der Waals surface area contributed by atoms with E-state index in [4.69, 9.17) is 11.6 Å². The number of aliphatic hydroxyl groups excluding tert-OH is 1. The van der Waals surface area contributed by atoms with Gasteiger partial charge in [0.2, 0.25) is 5.95 Å². The average molecular weight is 436 g/mol. The maximum absolute atomic E-state index is 10.1. The van der Waals surface area contributed by atoms with Crippen LogP contribution < -0.4 is 10.6 Å². The summed E-state index contributed by atoms with van der Waals surface area (Å²) < 4.78 is 1.68. The maximum Gasteiger partial charge on any atom is 0.227 e. The van der Waals surface area contributed by atoms with E-state index in [1.165, 1.54) is 6.07 Å². The van der Waals surface area contributed by atoms with Crippen molar-refractivity contribution in [3.05, 3.63) is 22.7 Å². The Labute approximate surface area is 178 Å². The first-order valence-corrected chi connectivity index (χ1v) is 10.0. The average Bonchev–Trinajstić information content (AvgIpc) is 3.13. The number of rotatable bonds is 8. The first-order valence-electron chi connectivity index (χ1n) is 9.66. The van der Waals surface area contributed by atoms with Crippen molar-refractivity contribution >= 4 is 34.5 Å². The largest absolute Gasteiger partial charge is 0.504 e. The molecule has 5 N–H and O–H groups in total. The van der Waals surface area contributed by atoms with Gasteiger partial charge in [-0.25, -0.2) is 4.68 Å². The number of phenolic OH excluding ortho intramolecular Hbond substituents is 2. The quantitative estimate of drug-likeness (QED) is 0.337. The summed E-state index contributed by atoms with van der Waals surface area (Å²) in [5.74, 6) is 0.214. The van der Waals surface area contributed by atoms with Crippen LogP contribution in [0.5, 0.6) is 11.5 Å². The third kappa shape index (κ3) is 4.34. The van der Waals surface area contributed by atoms with E-state index < -0.39 is 0 Å². The molecule has 0 amide bonds. The van der Waals surface area contributed by atoms with Crippen molar-refractivity contribution < 1.29 is 15.3 Å². The normalized spacial score (nSPS) is 12.7. The summed E-state index contributed by atoms with van der Waals surface area (Å²) in [6.45, 7) is 8.00. The van der Waals surface area contributed by atoms with Gasteiger partial charge >= 0.3 is 0 Å². The van der Waals surface area contributed by atoms with Crippen LogP contribution >= 0.6 is 11.6 Å². The Morgan fingerprint density at radius 3 is 2.47 bits per heavy atom. The van der Waals surface area contributed by atoms with Crippen LogP contribution in [0.15, 0.2) is 12.1 Å². The Kier molecular flexibility index (Phi) is 6.47. The molecule has 1 aromatic carbocycles. The van der Waals surface area contributed by atoms with Gasteiger partial charge in [0.1, 0.15) is 0 Å². The molecule has 3 rings (SSSR count). The zero-order valence-corrected chi connectivity index (χ0v) is 18.0. The van der Waals surface area contributed by atoms with Crippen LogP contribution in [0.1, 0.15) is 39.3 Å². The molecule has 0 fully saturated rings. The molecule has 0 bridgehead atoms. The second kappa shape index (κ2) is 8.88. The number of phenols is 2. The zero-order valence-electron chi connectivity index (χ0n) is 17.3. The van der Waals surface area contributed by atoms with E-state index in [1.54, 1.807) is 10.7 Å². The molecule has 11 heteroatoms. The number of nitrogens with one attached hydrogen (secondary N) is 2. The van der Waals surface area contributed by atoms with Crippen LogP contribution in [0.4, 0.5) is 11.8 Å². The number of fused-ring (bicyclic) bond motifs is 1. The molecule has 2 aromatic heterocycles. The first kappa shape index (κ1) is 21.8. The topological polar surface area (TPSA) is 141 Å². The Bertz CT molecular complexity index is 1040. The Balaban J connectivity index is 1.99. The number of aliphatic hydroxyl groups is 1. The molecule has 0 saturated heterocycles. The number of benzene rings is 1. The summed E-state index contributed by atoms with van der Waals surface area (Å²) in [5.41, 5.74) is 1.44. The van der Waals surface area contributed by atoms with Crippen molar-refractivity contribution in [2.45, 2.75) is 46.3 Å². The summed E-state index contributed by atoms with van der Waals surface area (Å²) in [6, 6.07) is 2.91. The third-order valence-electron chi connectivity index (χ3n) is 4.76. The van der Waals surface area contributed by atoms with Crippen molar-refractivity contribution in [1.29, 1.82) is 0 Å². The molecule has 0 saturated carbocycles. The third-order valence-corrected chi connectivity index (χ3v) is 5.07. The van der Waals surface area contributed by atoms with E-state index in [0.717, 1.165) is 0 Å². The minimum absolute atomic E-state index is 0.0293. The number of aromatic nitrogens is 5. The highest BCUT2D eigenvalue weighted by Crippen LogP contribution is 2.36. The first-order chi connectivity index (χ1) is 14.2. The summed E-state index contributed by atoms with van der Waals surface area (Å²) in [4.78, 5) is 9.04. The lowest BCUT2D eigenvalue weighted by Gasteiger charge is -2.20. The standard InChI is InChI=1S/C19H26ClN7O3/c1-9(2)13(8-28)22-19-23-17(14-18(24-19)27(10(3)4)26-25-14)21-7-11-5-6-12(20)16(30)15(11)29/h5-6,9-10,13,28-30H,7-8H2,1-4H3,(H2,21,22,23,24)/t13-/m0/s1. The van der Waals surface area contributed by atoms with E-state index in [9.17, 15) is 15.3 Å². The number of halogens is 1. The molecule has 30 heavy (non-hydrogen) atoms. The molecule has 1 atom stereocenters. The molecular weight excluding hydrogens is 410 g/mol. The van der Waals surface area contributed by atoms with Gasteiger partial charge in [-0.1, -0.05) is 36.7 Å². The number of aromatic hydroxyl groups is 2. The smallest absolute Gasteiger partial charge is 0.227 e. The monoisotopic (exact) mass is 435 g/mol. The van der Waals surface area contributed by atoms with Crippen LogP contribution in [0.25, 0.3) is 11.2 Å². The SMILES string of the molecule is CC(C)[C@H](CO)Nc1nc(NCc2ccc(Cl)c(O)c2O)c2nnn(C(C)C)c2n1.